The Labute approximate surface area is 98.0 Å². The van der Waals surface area contributed by atoms with Gasteiger partial charge in [0, 0.05) is 6.54 Å². The van der Waals surface area contributed by atoms with E-state index in [0.717, 1.165) is 13.0 Å². The van der Waals surface area contributed by atoms with Gasteiger partial charge < -0.3 is 15.3 Å². The van der Waals surface area contributed by atoms with Crippen molar-refractivity contribution in [2.45, 2.75) is 18.5 Å². The highest BCUT2D eigenvalue weighted by Gasteiger charge is 2.46. The van der Waals surface area contributed by atoms with Gasteiger partial charge in [-0.25, -0.2) is 4.79 Å². The number of carboxylic acids is 1. The molecular weight excluding hydrogens is 220 g/mol. The number of aromatic carboxylic acids is 1. The molecule has 5 heteroatoms. The van der Waals surface area contributed by atoms with Crippen molar-refractivity contribution >= 4 is 17.6 Å². The number of hydrogen-bond donors (Lipinski definition) is 2. The maximum atomic E-state index is 12.0. The molecule has 2 aliphatic rings. The van der Waals surface area contributed by atoms with E-state index in [-0.39, 0.29) is 23.6 Å². The van der Waals surface area contributed by atoms with E-state index in [1.54, 1.807) is 23.1 Å². The first-order chi connectivity index (χ1) is 8.18. The lowest BCUT2D eigenvalue weighted by atomic mass is 10.1. The van der Waals surface area contributed by atoms with E-state index in [1.807, 2.05) is 0 Å². The normalized spacial score (nSPS) is 26.6. The summed E-state index contributed by atoms with van der Waals surface area (Å²) < 4.78 is 0. The maximum absolute atomic E-state index is 12.0. The molecule has 2 unspecified atom stereocenters. The van der Waals surface area contributed by atoms with Crippen molar-refractivity contribution in [1.29, 1.82) is 0 Å². The van der Waals surface area contributed by atoms with Crippen LogP contribution in [0.15, 0.2) is 24.3 Å². The average molecular weight is 232 g/mol. The fraction of sp³-hybridized carbons (Fsp3) is 0.333. The molecule has 1 aromatic carbocycles. The largest absolute Gasteiger partial charge is 0.478 e. The summed E-state index contributed by atoms with van der Waals surface area (Å²) >= 11 is 0. The van der Waals surface area contributed by atoms with Crippen molar-refractivity contribution < 1.29 is 14.7 Å². The van der Waals surface area contributed by atoms with E-state index >= 15 is 0 Å². The molecule has 0 radical (unpaired) electrons. The number of carboxylic acid groups (broad SMARTS) is 1. The lowest BCUT2D eigenvalue weighted by Crippen LogP contribution is -2.48. The molecule has 0 spiro atoms. The van der Waals surface area contributed by atoms with E-state index in [9.17, 15) is 9.59 Å². The zero-order valence-corrected chi connectivity index (χ0v) is 9.09. The summed E-state index contributed by atoms with van der Waals surface area (Å²) in [6.45, 7) is 0.740. The molecule has 2 N–H and O–H groups in total. The van der Waals surface area contributed by atoms with Crippen molar-refractivity contribution in [1.82, 2.24) is 5.32 Å². The summed E-state index contributed by atoms with van der Waals surface area (Å²) in [7, 11) is 0. The molecule has 0 aliphatic carbocycles. The number of hydrogen-bond acceptors (Lipinski definition) is 3. The summed E-state index contributed by atoms with van der Waals surface area (Å²) in [5.41, 5.74) is 0.701. The Bertz CT molecular complexity index is 500. The molecule has 2 aliphatic heterocycles. The first-order valence-electron chi connectivity index (χ1n) is 5.57. The second-order valence-corrected chi connectivity index (χ2v) is 4.38. The van der Waals surface area contributed by atoms with Gasteiger partial charge in [0.1, 0.15) is 0 Å². The fourth-order valence-electron chi connectivity index (χ4n) is 2.63. The van der Waals surface area contributed by atoms with Crippen LogP contribution in [-0.2, 0) is 4.79 Å². The molecule has 2 heterocycles. The van der Waals surface area contributed by atoms with Gasteiger partial charge in [-0.3, -0.25) is 4.79 Å². The molecule has 2 saturated heterocycles. The monoisotopic (exact) mass is 232 g/mol. The number of anilines is 1. The summed E-state index contributed by atoms with van der Waals surface area (Å²) in [4.78, 5) is 24.8. The number of rotatable bonds is 2. The van der Waals surface area contributed by atoms with Crippen LogP contribution in [0.5, 0.6) is 0 Å². The third-order valence-electron chi connectivity index (χ3n) is 3.40. The third-order valence-corrected chi connectivity index (χ3v) is 3.40. The highest BCUT2D eigenvalue weighted by Crippen LogP contribution is 2.32. The van der Waals surface area contributed by atoms with E-state index < -0.39 is 5.97 Å². The van der Waals surface area contributed by atoms with E-state index in [0.29, 0.717) is 5.69 Å². The van der Waals surface area contributed by atoms with Crippen LogP contribution in [0.25, 0.3) is 0 Å². The Balaban J connectivity index is 2.05. The van der Waals surface area contributed by atoms with Crippen LogP contribution in [0, 0.1) is 0 Å². The van der Waals surface area contributed by atoms with Crippen molar-refractivity contribution in [2.75, 3.05) is 11.4 Å². The number of para-hydroxylation sites is 1. The Morgan fingerprint density at radius 3 is 2.82 bits per heavy atom. The predicted octanol–water partition coefficient (Wildman–Crippen LogP) is 0.462. The number of carbonyl (C=O) groups excluding carboxylic acids is 1. The molecule has 1 aromatic rings. The number of piperazine rings is 1. The minimum Gasteiger partial charge on any atom is -0.478 e. The minimum atomic E-state index is -0.996. The molecular formula is C12H12N2O3. The van der Waals surface area contributed by atoms with Gasteiger partial charge in [-0.05, 0) is 18.6 Å². The van der Waals surface area contributed by atoms with E-state index in [4.69, 9.17) is 5.11 Å². The lowest BCUT2D eigenvalue weighted by molar-refractivity contribution is -0.119. The first kappa shape index (κ1) is 10.3. The van der Waals surface area contributed by atoms with Crippen LogP contribution in [0.2, 0.25) is 0 Å². The molecule has 0 saturated carbocycles. The van der Waals surface area contributed by atoms with Gasteiger partial charge in [-0.15, -0.1) is 0 Å². The molecule has 1 amide bonds. The molecule has 2 bridgehead atoms. The molecule has 3 rings (SSSR count). The van der Waals surface area contributed by atoms with Crippen LogP contribution in [0.1, 0.15) is 16.8 Å². The topological polar surface area (TPSA) is 69.6 Å². The number of nitrogens with one attached hydrogen (secondary N) is 1. The minimum absolute atomic E-state index is 0.0186. The molecule has 5 nitrogen and oxygen atoms in total. The quantitative estimate of drug-likeness (QED) is 0.777. The Morgan fingerprint density at radius 2 is 2.18 bits per heavy atom. The van der Waals surface area contributed by atoms with Crippen LogP contribution < -0.4 is 10.2 Å². The maximum Gasteiger partial charge on any atom is 0.337 e. The molecule has 2 fully saturated rings. The third kappa shape index (κ3) is 1.43. The summed E-state index contributed by atoms with van der Waals surface area (Å²) in [6.07, 6.45) is 0.771. The Morgan fingerprint density at radius 1 is 1.41 bits per heavy atom. The van der Waals surface area contributed by atoms with E-state index in [2.05, 4.69) is 5.32 Å². The van der Waals surface area contributed by atoms with Gasteiger partial charge in [-0.2, -0.15) is 0 Å². The summed E-state index contributed by atoms with van der Waals surface area (Å²) in [6, 6.07) is 6.61. The smallest absolute Gasteiger partial charge is 0.337 e. The van der Waals surface area contributed by atoms with Crippen molar-refractivity contribution in [3.63, 3.8) is 0 Å². The Hall–Kier alpha value is -1.88. The molecule has 88 valence electrons. The number of fused-ring (bicyclic) bond motifs is 2. The molecule has 0 aromatic heterocycles. The number of carbonyl (C=O) groups is 2. The fourth-order valence-corrected chi connectivity index (χ4v) is 2.63. The summed E-state index contributed by atoms with van der Waals surface area (Å²) in [5.74, 6) is -1.01. The zero-order valence-electron chi connectivity index (χ0n) is 9.09. The van der Waals surface area contributed by atoms with Gasteiger partial charge in [0.15, 0.2) is 0 Å². The van der Waals surface area contributed by atoms with Gasteiger partial charge >= 0.3 is 5.97 Å². The lowest BCUT2D eigenvalue weighted by Gasteiger charge is -2.28. The Kier molecular flexibility index (Phi) is 2.16. The molecule has 17 heavy (non-hydrogen) atoms. The standard InChI is InChI=1S/C12H12N2O3/c15-11-9-5-7(6-13-9)14(11)10-4-2-1-3-8(10)12(16)17/h1-4,7,9,13H,5-6H2,(H,16,17). The second kappa shape index (κ2) is 3.56. The average Bonchev–Trinajstić information content (AvgIpc) is 2.89. The highest BCUT2D eigenvalue weighted by molar-refractivity contribution is 6.06. The molecule has 2 atom stereocenters. The number of nitrogens with zero attached hydrogens (tertiary/aromatic N) is 1. The number of amides is 1. The highest BCUT2D eigenvalue weighted by atomic mass is 16.4. The van der Waals surface area contributed by atoms with Crippen LogP contribution in [0.4, 0.5) is 5.69 Å². The summed E-state index contributed by atoms with van der Waals surface area (Å²) in [5, 5.41) is 12.2. The van der Waals surface area contributed by atoms with E-state index in [1.165, 1.54) is 6.07 Å². The van der Waals surface area contributed by atoms with Gasteiger partial charge in [0.25, 0.3) is 0 Å². The zero-order chi connectivity index (χ0) is 12.0. The second-order valence-electron chi connectivity index (χ2n) is 4.38. The van der Waals surface area contributed by atoms with Gasteiger partial charge in [-0.1, -0.05) is 12.1 Å². The van der Waals surface area contributed by atoms with Crippen LogP contribution in [0.3, 0.4) is 0 Å². The van der Waals surface area contributed by atoms with Crippen molar-refractivity contribution in [3.8, 4) is 0 Å². The predicted molar refractivity (Wildman–Crippen MR) is 61.1 cm³/mol. The van der Waals surface area contributed by atoms with Gasteiger partial charge in [0.2, 0.25) is 5.91 Å². The van der Waals surface area contributed by atoms with Crippen molar-refractivity contribution in [3.05, 3.63) is 29.8 Å². The van der Waals surface area contributed by atoms with Crippen molar-refractivity contribution in [2.24, 2.45) is 0 Å². The number of benzene rings is 1. The van der Waals surface area contributed by atoms with Crippen LogP contribution in [-0.4, -0.2) is 35.6 Å². The first-order valence-corrected chi connectivity index (χ1v) is 5.57. The van der Waals surface area contributed by atoms with Gasteiger partial charge in [0.05, 0.1) is 23.3 Å². The SMILES string of the molecule is O=C(O)c1ccccc1N1C(=O)C2CC1CN2. The van der Waals surface area contributed by atoms with Crippen LogP contribution >= 0.6 is 0 Å².